The van der Waals surface area contributed by atoms with Crippen molar-refractivity contribution < 1.29 is 13.9 Å². The molecule has 0 unspecified atom stereocenters. The number of ether oxygens (including phenoxy) is 1. The van der Waals surface area contributed by atoms with Crippen molar-refractivity contribution in [2.45, 2.75) is 25.4 Å². The van der Waals surface area contributed by atoms with Crippen LogP contribution in [0.15, 0.2) is 42.5 Å². The Morgan fingerprint density at radius 1 is 1.29 bits per heavy atom. The summed E-state index contributed by atoms with van der Waals surface area (Å²) in [6.45, 7) is 1.97. The third-order valence-corrected chi connectivity index (χ3v) is 4.46. The fourth-order valence-electron chi connectivity index (χ4n) is 3.35. The standard InChI is InChI=1S/C20H18FNO2/c1-4-19(23)22-13(2)11-15-12-17(24-3)9-10-18(15)20(22)14-5-7-16(21)8-6-14/h1,5-10,12-13,20H,11H2,2-3H3/t13-,20+/m0/s1. The maximum atomic E-state index is 13.3. The van der Waals surface area contributed by atoms with E-state index in [-0.39, 0.29) is 23.8 Å². The van der Waals surface area contributed by atoms with Crippen LogP contribution in [0.4, 0.5) is 4.39 Å². The summed E-state index contributed by atoms with van der Waals surface area (Å²) in [6, 6.07) is 11.6. The van der Waals surface area contributed by atoms with Gasteiger partial charge < -0.3 is 9.64 Å². The van der Waals surface area contributed by atoms with E-state index >= 15 is 0 Å². The van der Waals surface area contributed by atoms with Crippen LogP contribution in [-0.4, -0.2) is 24.0 Å². The predicted molar refractivity (Wildman–Crippen MR) is 90.1 cm³/mol. The van der Waals surface area contributed by atoms with Gasteiger partial charge in [-0.2, -0.15) is 0 Å². The lowest BCUT2D eigenvalue weighted by molar-refractivity contribution is -0.129. The number of methoxy groups -OCH3 is 1. The molecular weight excluding hydrogens is 305 g/mol. The summed E-state index contributed by atoms with van der Waals surface area (Å²) in [7, 11) is 1.62. The zero-order chi connectivity index (χ0) is 17.3. The van der Waals surface area contributed by atoms with Gasteiger partial charge in [-0.1, -0.05) is 18.2 Å². The van der Waals surface area contributed by atoms with E-state index in [9.17, 15) is 9.18 Å². The van der Waals surface area contributed by atoms with Crippen molar-refractivity contribution in [3.05, 3.63) is 65.0 Å². The molecule has 0 radical (unpaired) electrons. The Hall–Kier alpha value is -2.80. The van der Waals surface area contributed by atoms with Gasteiger partial charge in [-0.25, -0.2) is 4.39 Å². The Morgan fingerprint density at radius 3 is 2.62 bits per heavy atom. The number of amides is 1. The Balaban J connectivity index is 2.17. The lowest BCUT2D eigenvalue weighted by atomic mass is 9.85. The first-order chi connectivity index (χ1) is 11.5. The summed E-state index contributed by atoms with van der Waals surface area (Å²) in [6.07, 6.45) is 6.07. The molecule has 2 atom stereocenters. The van der Waals surface area contributed by atoms with E-state index in [1.54, 1.807) is 24.1 Å². The largest absolute Gasteiger partial charge is 0.497 e. The number of benzene rings is 2. The van der Waals surface area contributed by atoms with E-state index in [0.717, 1.165) is 22.4 Å². The van der Waals surface area contributed by atoms with Crippen LogP contribution in [-0.2, 0) is 11.2 Å². The van der Waals surface area contributed by atoms with Gasteiger partial charge in [-0.15, -0.1) is 6.42 Å². The highest BCUT2D eigenvalue weighted by atomic mass is 19.1. The molecule has 0 bridgehead atoms. The number of hydrogen-bond donors (Lipinski definition) is 0. The number of terminal acetylenes is 1. The molecule has 0 aromatic heterocycles. The van der Waals surface area contributed by atoms with E-state index in [2.05, 4.69) is 5.92 Å². The fraction of sp³-hybridized carbons (Fsp3) is 0.250. The molecule has 1 amide bonds. The van der Waals surface area contributed by atoms with Gasteiger partial charge in [0, 0.05) is 6.04 Å². The topological polar surface area (TPSA) is 29.5 Å². The highest BCUT2D eigenvalue weighted by Crippen LogP contribution is 2.39. The normalized spacial score (nSPS) is 19.3. The molecule has 2 aromatic rings. The third kappa shape index (κ3) is 2.74. The van der Waals surface area contributed by atoms with Gasteiger partial charge in [0.1, 0.15) is 11.6 Å². The smallest absolute Gasteiger partial charge is 0.299 e. The van der Waals surface area contributed by atoms with E-state index in [1.165, 1.54) is 12.1 Å². The number of rotatable bonds is 2. The summed E-state index contributed by atoms with van der Waals surface area (Å²) >= 11 is 0. The second-order valence-electron chi connectivity index (χ2n) is 5.93. The molecule has 0 saturated carbocycles. The maximum Gasteiger partial charge on any atom is 0.299 e. The van der Waals surface area contributed by atoms with Crippen molar-refractivity contribution in [3.63, 3.8) is 0 Å². The summed E-state index contributed by atoms with van der Waals surface area (Å²) in [5.74, 6) is 2.32. The molecule has 4 heteroatoms. The van der Waals surface area contributed by atoms with Gasteiger partial charge in [0.15, 0.2) is 0 Å². The number of carbonyl (C=O) groups is 1. The molecule has 0 fully saturated rings. The zero-order valence-electron chi connectivity index (χ0n) is 13.6. The Labute approximate surface area is 141 Å². The molecule has 122 valence electrons. The van der Waals surface area contributed by atoms with E-state index in [0.29, 0.717) is 6.42 Å². The van der Waals surface area contributed by atoms with Crippen molar-refractivity contribution in [1.29, 1.82) is 0 Å². The van der Waals surface area contributed by atoms with Crippen LogP contribution < -0.4 is 4.74 Å². The van der Waals surface area contributed by atoms with Gasteiger partial charge in [-0.3, -0.25) is 4.79 Å². The third-order valence-electron chi connectivity index (χ3n) is 4.46. The van der Waals surface area contributed by atoms with Crippen LogP contribution in [0.1, 0.15) is 29.7 Å². The molecule has 24 heavy (non-hydrogen) atoms. The Bertz CT molecular complexity index is 807. The number of nitrogens with zero attached hydrogens (tertiary/aromatic N) is 1. The number of carbonyl (C=O) groups excluding carboxylic acids is 1. The zero-order valence-corrected chi connectivity index (χ0v) is 13.6. The SMILES string of the molecule is C#CC(=O)N1[C@H](c2ccc(F)cc2)c2ccc(OC)cc2C[C@@H]1C. The molecule has 0 saturated heterocycles. The van der Waals surface area contributed by atoms with E-state index < -0.39 is 0 Å². The van der Waals surface area contributed by atoms with Gasteiger partial charge in [0.2, 0.25) is 0 Å². The van der Waals surface area contributed by atoms with Crippen molar-refractivity contribution >= 4 is 5.91 Å². The molecule has 0 N–H and O–H groups in total. The van der Waals surface area contributed by atoms with Crippen LogP contribution in [0.5, 0.6) is 5.75 Å². The lowest BCUT2D eigenvalue weighted by Crippen LogP contribution is -2.45. The van der Waals surface area contributed by atoms with Crippen molar-refractivity contribution in [1.82, 2.24) is 4.90 Å². The van der Waals surface area contributed by atoms with E-state index in [1.807, 2.05) is 25.1 Å². The highest BCUT2D eigenvalue weighted by molar-refractivity contribution is 5.94. The minimum atomic E-state index is -0.363. The first-order valence-corrected chi connectivity index (χ1v) is 7.76. The molecule has 1 aliphatic heterocycles. The average Bonchev–Trinajstić information content (AvgIpc) is 2.60. The molecule has 2 aromatic carbocycles. The second kappa shape index (κ2) is 6.37. The quantitative estimate of drug-likeness (QED) is 0.794. The average molecular weight is 323 g/mol. The van der Waals surface area contributed by atoms with Crippen molar-refractivity contribution in [2.24, 2.45) is 0 Å². The number of hydrogen-bond acceptors (Lipinski definition) is 2. The van der Waals surface area contributed by atoms with Gasteiger partial charge in [-0.05, 0) is 60.2 Å². The lowest BCUT2D eigenvalue weighted by Gasteiger charge is -2.41. The molecule has 0 aliphatic carbocycles. The molecule has 3 nitrogen and oxygen atoms in total. The summed E-state index contributed by atoms with van der Waals surface area (Å²) in [5, 5.41) is 0. The maximum absolute atomic E-state index is 13.3. The second-order valence-corrected chi connectivity index (χ2v) is 5.93. The van der Waals surface area contributed by atoms with E-state index in [4.69, 9.17) is 11.2 Å². The molecule has 3 rings (SSSR count). The van der Waals surface area contributed by atoms with Crippen molar-refractivity contribution in [3.8, 4) is 18.1 Å². The van der Waals surface area contributed by atoms with Gasteiger partial charge >= 0.3 is 0 Å². The first kappa shape index (κ1) is 16.1. The monoisotopic (exact) mass is 323 g/mol. The Morgan fingerprint density at radius 2 is 2.00 bits per heavy atom. The molecule has 0 spiro atoms. The molecule has 1 aliphatic rings. The number of halogens is 1. The summed E-state index contributed by atoms with van der Waals surface area (Å²) < 4.78 is 18.6. The predicted octanol–water partition coefficient (Wildman–Crippen LogP) is 3.33. The minimum absolute atomic E-state index is 0.0665. The van der Waals surface area contributed by atoms with Gasteiger partial charge in [0.05, 0.1) is 13.2 Å². The van der Waals surface area contributed by atoms with Crippen LogP contribution >= 0.6 is 0 Å². The Kier molecular flexibility index (Phi) is 4.26. The summed E-state index contributed by atoms with van der Waals surface area (Å²) in [5.41, 5.74) is 2.93. The number of fused-ring (bicyclic) bond motifs is 1. The van der Waals surface area contributed by atoms with Crippen LogP contribution in [0.25, 0.3) is 0 Å². The van der Waals surface area contributed by atoms with Crippen LogP contribution in [0.2, 0.25) is 0 Å². The van der Waals surface area contributed by atoms with Gasteiger partial charge in [0.25, 0.3) is 5.91 Å². The van der Waals surface area contributed by atoms with Crippen molar-refractivity contribution in [2.75, 3.05) is 7.11 Å². The van der Waals surface area contributed by atoms with Crippen LogP contribution in [0, 0.1) is 18.2 Å². The highest BCUT2D eigenvalue weighted by Gasteiger charge is 2.35. The first-order valence-electron chi connectivity index (χ1n) is 7.76. The fourth-order valence-corrected chi connectivity index (χ4v) is 3.35. The summed E-state index contributed by atoms with van der Waals surface area (Å²) in [4.78, 5) is 14.0. The van der Waals surface area contributed by atoms with Crippen LogP contribution in [0.3, 0.4) is 0 Å². The minimum Gasteiger partial charge on any atom is -0.497 e. The molecule has 1 heterocycles. The molecular formula is C20H18FNO2.